The van der Waals surface area contributed by atoms with Gasteiger partial charge in [0.15, 0.2) is 6.29 Å². The molecule has 2 heterocycles. The van der Waals surface area contributed by atoms with Gasteiger partial charge in [0.25, 0.3) is 5.91 Å². The Labute approximate surface area is 321 Å². The monoisotopic (exact) mass is 792 g/mol. The van der Waals surface area contributed by atoms with Crippen molar-refractivity contribution in [1.29, 1.82) is 0 Å². The van der Waals surface area contributed by atoms with E-state index >= 15 is 0 Å². The third kappa shape index (κ3) is 13.1. The highest BCUT2D eigenvalue weighted by molar-refractivity contribution is 5.81. The molecule has 1 saturated heterocycles. The highest BCUT2D eigenvalue weighted by atomic mass is 16.7. The molecular formula is C35H64N6O14. The van der Waals surface area contributed by atoms with E-state index in [9.17, 15) is 39.9 Å². The molecule has 1 saturated carbocycles. The Morgan fingerprint density at radius 2 is 1.67 bits per heavy atom. The summed E-state index contributed by atoms with van der Waals surface area (Å²) in [6, 6.07) is -3.97. The number of hydrogen-bond acceptors (Lipinski definition) is 17. The normalized spacial score (nSPS) is 34.0. The number of aliphatic hydroxyl groups is 6. The number of carbonyl (C=O) groups excluding carboxylic acids is 3. The van der Waals surface area contributed by atoms with Crippen LogP contribution in [0.4, 0.5) is 9.59 Å². The molecule has 2 aliphatic heterocycles. The van der Waals surface area contributed by atoms with Crippen molar-refractivity contribution < 1.29 is 68.7 Å². The molecule has 318 valence electrons. The number of amides is 3. The lowest BCUT2D eigenvalue weighted by molar-refractivity contribution is -0.305. The fraction of sp³-hybridized carbons (Fsp3) is 0.857. The van der Waals surface area contributed by atoms with Gasteiger partial charge in [0.2, 0.25) is 0 Å². The standard InChI is InChI=1S/C35H64N6O14/c1-33(2,3)54-31(48)39-14-22(44)29(47)40-21-11-20(37)23(26-19(36)10-9-18(52-26)13-38-12-17(43)15-42)24(45)27(21)53-30-25(46)28(35(7,50)16-51-30)41(8)32(49)55-34(4,5)6/h9,17,19-28,30,38,42-46,50H,10-16,36-37H2,1-8H3,(H,39,48)(H,40,47)/t17?,19-,20+,21-,22-,23-,24+,25-,26?,27+,28-,30-,35+/m1/s1. The molecule has 3 amide bonds. The average molecular weight is 793 g/mol. The van der Waals surface area contributed by atoms with Crippen molar-refractivity contribution in [3.63, 3.8) is 0 Å². The number of likely N-dealkylation sites (N-methyl/N-ethyl adjacent to an activating group) is 1. The first-order valence-electron chi connectivity index (χ1n) is 18.5. The molecule has 20 heteroatoms. The Balaban J connectivity index is 1.89. The lowest BCUT2D eigenvalue weighted by Crippen LogP contribution is -2.70. The van der Waals surface area contributed by atoms with E-state index in [0.717, 1.165) is 4.90 Å². The van der Waals surface area contributed by atoms with Gasteiger partial charge in [-0.25, -0.2) is 9.59 Å². The van der Waals surface area contributed by atoms with E-state index in [1.165, 1.54) is 14.0 Å². The molecule has 13 atom stereocenters. The van der Waals surface area contributed by atoms with Crippen LogP contribution in [0.2, 0.25) is 0 Å². The minimum Gasteiger partial charge on any atom is -0.492 e. The maximum Gasteiger partial charge on any atom is 0.410 e. The predicted molar refractivity (Wildman–Crippen MR) is 195 cm³/mol. The van der Waals surface area contributed by atoms with Crippen LogP contribution in [0.1, 0.15) is 61.3 Å². The largest absolute Gasteiger partial charge is 0.492 e. The van der Waals surface area contributed by atoms with E-state index in [-0.39, 0.29) is 19.5 Å². The third-order valence-electron chi connectivity index (χ3n) is 9.38. The minimum absolute atomic E-state index is 0.0569. The predicted octanol–water partition coefficient (Wildman–Crippen LogP) is -2.90. The van der Waals surface area contributed by atoms with Crippen LogP contribution in [-0.2, 0) is 28.5 Å². The number of nitrogens with one attached hydrogen (secondary N) is 3. The lowest BCUT2D eigenvalue weighted by atomic mass is 9.72. The van der Waals surface area contributed by atoms with Crippen molar-refractivity contribution in [1.82, 2.24) is 20.9 Å². The van der Waals surface area contributed by atoms with Crippen LogP contribution in [0.25, 0.3) is 0 Å². The van der Waals surface area contributed by atoms with Crippen molar-refractivity contribution in [3.8, 4) is 0 Å². The van der Waals surface area contributed by atoms with Gasteiger partial charge in [-0.2, -0.15) is 0 Å². The molecule has 0 radical (unpaired) electrons. The minimum atomic E-state index is -1.79. The Kier molecular flexibility index (Phi) is 16.1. The number of aliphatic hydroxyl groups excluding tert-OH is 5. The molecule has 0 spiro atoms. The first-order valence-corrected chi connectivity index (χ1v) is 18.5. The second-order valence-electron chi connectivity index (χ2n) is 16.8. The van der Waals surface area contributed by atoms with Gasteiger partial charge in [0, 0.05) is 31.6 Å². The Morgan fingerprint density at radius 1 is 1.04 bits per heavy atom. The van der Waals surface area contributed by atoms with Gasteiger partial charge in [-0.05, 0) is 67.4 Å². The second-order valence-corrected chi connectivity index (χ2v) is 16.8. The summed E-state index contributed by atoms with van der Waals surface area (Å²) in [4.78, 5) is 39.5. The molecule has 55 heavy (non-hydrogen) atoms. The topological polar surface area (TPSA) is 310 Å². The summed E-state index contributed by atoms with van der Waals surface area (Å²) in [5.41, 5.74) is 9.65. The van der Waals surface area contributed by atoms with E-state index in [1.54, 1.807) is 47.6 Å². The summed E-state index contributed by atoms with van der Waals surface area (Å²) in [6.45, 7) is 10.2. The molecule has 2 fully saturated rings. The Hall–Kier alpha value is -2.89. The SMILES string of the molecule is CN(C(=O)OC(C)(C)C)[C@@H]1[C@@H](O)[C@@H](O[C@@H]2[C@@H](O)[C@H](C3OC(CNCC(O)CO)=CC[C@H]3N)[C@@H](N)C[C@H]2NC(=O)[C@H](O)CNC(=O)OC(C)(C)C)OC[C@]1(C)O. The van der Waals surface area contributed by atoms with Crippen molar-refractivity contribution in [2.24, 2.45) is 17.4 Å². The molecule has 0 bridgehead atoms. The van der Waals surface area contributed by atoms with Gasteiger partial charge >= 0.3 is 12.2 Å². The van der Waals surface area contributed by atoms with Gasteiger partial charge in [0.1, 0.15) is 47.0 Å². The summed E-state index contributed by atoms with van der Waals surface area (Å²) >= 11 is 0. The fourth-order valence-corrected chi connectivity index (χ4v) is 6.85. The number of rotatable bonds is 13. The quantitative estimate of drug-likeness (QED) is 0.0891. The second kappa shape index (κ2) is 19.0. The summed E-state index contributed by atoms with van der Waals surface area (Å²) in [5.74, 6) is -1.43. The van der Waals surface area contributed by atoms with Crippen molar-refractivity contribution in [2.45, 2.75) is 145 Å². The smallest absolute Gasteiger partial charge is 0.410 e. The van der Waals surface area contributed by atoms with E-state index in [4.69, 9.17) is 40.3 Å². The zero-order valence-electron chi connectivity index (χ0n) is 33.0. The summed E-state index contributed by atoms with van der Waals surface area (Å²) in [5, 5.41) is 72.3. The van der Waals surface area contributed by atoms with Crippen LogP contribution in [0, 0.1) is 5.92 Å². The van der Waals surface area contributed by atoms with E-state index in [0.29, 0.717) is 12.2 Å². The van der Waals surface area contributed by atoms with E-state index in [1.807, 2.05) is 0 Å². The zero-order chi connectivity index (χ0) is 41.6. The molecule has 1 aliphatic carbocycles. The number of nitrogens with two attached hydrogens (primary N) is 2. The third-order valence-corrected chi connectivity index (χ3v) is 9.38. The molecule has 13 N–H and O–H groups in total. The van der Waals surface area contributed by atoms with E-state index in [2.05, 4.69) is 16.0 Å². The first-order chi connectivity index (χ1) is 25.3. The Morgan fingerprint density at radius 3 is 2.27 bits per heavy atom. The summed E-state index contributed by atoms with van der Waals surface area (Å²) in [6.07, 6.45) is -9.56. The van der Waals surface area contributed by atoms with Crippen LogP contribution in [0.3, 0.4) is 0 Å². The molecule has 0 aromatic rings. The van der Waals surface area contributed by atoms with Crippen LogP contribution in [0.5, 0.6) is 0 Å². The maximum absolute atomic E-state index is 13.3. The molecule has 20 nitrogen and oxygen atoms in total. The lowest BCUT2D eigenvalue weighted by Gasteiger charge is -2.51. The summed E-state index contributed by atoms with van der Waals surface area (Å²) < 4.78 is 28.9. The number of hydrogen-bond donors (Lipinski definition) is 11. The number of alkyl carbamates (subject to hydrolysis) is 1. The van der Waals surface area contributed by atoms with Crippen LogP contribution in [0.15, 0.2) is 11.8 Å². The first kappa shape index (κ1) is 46.5. The molecule has 0 aromatic carbocycles. The van der Waals surface area contributed by atoms with Gasteiger partial charge in [0.05, 0.1) is 50.6 Å². The zero-order valence-corrected chi connectivity index (χ0v) is 33.0. The highest BCUT2D eigenvalue weighted by Gasteiger charge is 2.55. The number of nitrogens with zero attached hydrogens (tertiary/aromatic N) is 1. The van der Waals surface area contributed by atoms with Crippen LogP contribution < -0.4 is 27.4 Å². The number of carbonyl (C=O) groups is 3. The van der Waals surface area contributed by atoms with Crippen molar-refractivity contribution in [3.05, 3.63) is 11.8 Å². The van der Waals surface area contributed by atoms with Crippen molar-refractivity contribution >= 4 is 18.1 Å². The van der Waals surface area contributed by atoms with E-state index < -0.39 is 128 Å². The van der Waals surface area contributed by atoms with Gasteiger partial charge in [-0.3, -0.25) is 4.79 Å². The average Bonchev–Trinajstić information content (AvgIpc) is 3.05. The van der Waals surface area contributed by atoms with Crippen LogP contribution in [-0.4, -0.2) is 177 Å². The van der Waals surface area contributed by atoms with Gasteiger partial charge in [-0.15, -0.1) is 0 Å². The highest BCUT2D eigenvalue weighted by Crippen LogP contribution is 2.37. The maximum atomic E-state index is 13.3. The van der Waals surface area contributed by atoms with Crippen molar-refractivity contribution in [2.75, 3.05) is 39.9 Å². The molecule has 0 aromatic heterocycles. The molecular weight excluding hydrogens is 728 g/mol. The molecule has 3 aliphatic rings. The fourth-order valence-electron chi connectivity index (χ4n) is 6.85. The molecule has 3 rings (SSSR count). The molecule has 2 unspecified atom stereocenters. The summed E-state index contributed by atoms with van der Waals surface area (Å²) in [7, 11) is 1.34. The van der Waals surface area contributed by atoms with Crippen LogP contribution >= 0.6 is 0 Å². The Bertz CT molecular complexity index is 1330. The number of ether oxygens (including phenoxy) is 5. The van der Waals surface area contributed by atoms with Gasteiger partial charge < -0.3 is 86.6 Å². The van der Waals surface area contributed by atoms with Gasteiger partial charge in [-0.1, -0.05) is 0 Å².